The number of rotatable bonds is 2. The fourth-order valence-corrected chi connectivity index (χ4v) is 4.21. The van der Waals surface area contributed by atoms with Crippen molar-refractivity contribution in [3.8, 4) is 0 Å². The smallest absolute Gasteiger partial charge is 0.329 e. The van der Waals surface area contributed by atoms with Gasteiger partial charge in [-0.2, -0.15) is 4.98 Å². The molecule has 0 bridgehead atoms. The van der Waals surface area contributed by atoms with Crippen LogP contribution in [0.5, 0.6) is 0 Å². The highest BCUT2D eigenvalue weighted by Gasteiger charge is 2.31. The molecule has 8 heteroatoms. The van der Waals surface area contributed by atoms with E-state index in [1.54, 1.807) is 23.0 Å². The summed E-state index contributed by atoms with van der Waals surface area (Å²) < 4.78 is 3.18. The molecule has 3 aromatic rings. The predicted molar refractivity (Wildman–Crippen MR) is 90.2 cm³/mol. The van der Waals surface area contributed by atoms with Crippen molar-refractivity contribution in [1.82, 2.24) is 19.1 Å². The lowest BCUT2D eigenvalue weighted by molar-refractivity contribution is 0.700. The van der Waals surface area contributed by atoms with Crippen molar-refractivity contribution in [3.05, 3.63) is 43.2 Å². The van der Waals surface area contributed by atoms with Crippen LogP contribution in [0.4, 0.5) is 5.95 Å². The maximum atomic E-state index is 12.2. The Bertz CT molecular complexity index is 982. The van der Waals surface area contributed by atoms with Gasteiger partial charge in [0.1, 0.15) is 0 Å². The van der Waals surface area contributed by atoms with Crippen LogP contribution in [0.3, 0.4) is 0 Å². The summed E-state index contributed by atoms with van der Waals surface area (Å²) in [5, 5.41) is 2.08. The number of nitrogens with zero attached hydrogens (tertiary/aromatic N) is 4. The molecule has 0 saturated carbocycles. The zero-order chi connectivity index (χ0) is 16.1. The van der Waals surface area contributed by atoms with Crippen LogP contribution in [-0.4, -0.2) is 25.6 Å². The maximum absolute atomic E-state index is 12.2. The molecular weight excluding hydrogens is 314 g/mol. The first-order chi connectivity index (χ1) is 11.1. The molecule has 7 nitrogen and oxygen atoms in total. The minimum absolute atomic E-state index is 0.279. The molecule has 0 unspecified atom stereocenters. The van der Waals surface area contributed by atoms with Gasteiger partial charge in [-0.05, 0) is 24.3 Å². The van der Waals surface area contributed by atoms with E-state index in [2.05, 4.69) is 32.4 Å². The Labute approximate surface area is 135 Å². The molecule has 0 amide bonds. The molecular formula is C15H17N5O2S. The topological polar surface area (TPSA) is 75.9 Å². The van der Waals surface area contributed by atoms with Crippen molar-refractivity contribution >= 4 is 28.4 Å². The second-order valence-electron chi connectivity index (χ2n) is 5.83. The number of aromatic nitrogens is 4. The van der Waals surface area contributed by atoms with Crippen molar-refractivity contribution in [3.63, 3.8) is 0 Å². The van der Waals surface area contributed by atoms with Gasteiger partial charge in [-0.15, -0.1) is 11.3 Å². The maximum Gasteiger partial charge on any atom is 0.329 e. The summed E-state index contributed by atoms with van der Waals surface area (Å²) in [4.78, 5) is 34.4. The van der Waals surface area contributed by atoms with Gasteiger partial charge in [0, 0.05) is 25.5 Å². The second-order valence-corrected chi connectivity index (χ2v) is 6.81. The molecule has 120 valence electrons. The monoisotopic (exact) mass is 331 g/mol. The van der Waals surface area contributed by atoms with E-state index in [0.29, 0.717) is 11.2 Å². The highest BCUT2D eigenvalue weighted by atomic mass is 32.1. The molecule has 0 aromatic carbocycles. The third-order valence-corrected chi connectivity index (χ3v) is 5.47. The number of fused-ring (bicyclic) bond motifs is 1. The van der Waals surface area contributed by atoms with Crippen LogP contribution in [-0.2, 0) is 14.1 Å². The Morgan fingerprint density at radius 3 is 2.87 bits per heavy atom. The van der Waals surface area contributed by atoms with Gasteiger partial charge in [0.2, 0.25) is 5.95 Å². The summed E-state index contributed by atoms with van der Waals surface area (Å²) in [6.45, 7) is 0.894. The average Bonchev–Trinajstić information content (AvgIpc) is 3.23. The van der Waals surface area contributed by atoms with Crippen LogP contribution >= 0.6 is 11.3 Å². The summed E-state index contributed by atoms with van der Waals surface area (Å²) in [6, 6.07) is 4.47. The normalized spacial score (nSPS) is 18.2. The minimum Gasteiger partial charge on any atom is -0.334 e. The molecule has 0 aliphatic carbocycles. The summed E-state index contributed by atoms with van der Waals surface area (Å²) >= 11 is 1.74. The summed E-state index contributed by atoms with van der Waals surface area (Å²) in [7, 11) is 3.45. The fourth-order valence-electron chi connectivity index (χ4n) is 3.34. The van der Waals surface area contributed by atoms with Crippen molar-refractivity contribution in [2.45, 2.75) is 18.9 Å². The summed E-state index contributed by atoms with van der Waals surface area (Å²) in [5.41, 5.74) is 0.0200. The summed E-state index contributed by atoms with van der Waals surface area (Å²) in [5.74, 6) is 0.739. The lowest BCUT2D eigenvalue weighted by atomic mass is 10.2. The van der Waals surface area contributed by atoms with Gasteiger partial charge in [0.25, 0.3) is 5.56 Å². The third kappa shape index (κ3) is 2.05. The lowest BCUT2D eigenvalue weighted by Gasteiger charge is -2.24. The molecule has 0 radical (unpaired) electrons. The Morgan fingerprint density at radius 1 is 1.30 bits per heavy atom. The number of nitrogens with one attached hydrogen (secondary N) is 1. The van der Waals surface area contributed by atoms with Crippen molar-refractivity contribution in [2.75, 3.05) is 11.4 Å². The minimum atomic E-state index is -0.441. The fraction of sp³-hybridized carbons (Fsp3) is 0.400. The van der Waals surface area contributed by atoms with Gasteiger partial charge in [0.05, 0.1) is 6.04 Å². The molecule has 0 spiro atoms. The number of imidazole rings is 1. The second kappa shape index (κ2) is 5.09. The molecule has 23 heavy (non-hydrogen) atoms. The number of anilines is 1. The zero-order valence-corrected chi connectivity index (χ0v) is 13.8. The largest absolute Gasteiger partial charge is 0.334 e. The molecule has 1 aliphatic rings. The van der Waals surface area contributed by atoms with Gasteiger partial charge < -0.3 is 9.47 Å². The van der Waals surface area contributed by atoms with E-state index < -0.39 is 11.2 Å². The van der Waals surface area contributed by atoms with Crippen LogP contribution in [0.1, 0.15) is 23.8 Å². The Kier molecular flexibility index (Phi) is 3.15. The van der Waals surface area contributed by atoms with E-state index in [1.165, 1.54) is 9.44 Å². The first-order valence-electron chi connectivity index (χ1n) is 7.53. The molecule has 4 rings (SSSR count). The first kappa shape index (κ1) is 14.3. The zero-order valence-electron chi connectivity index (χ0n) is 12.9. The van der Waals surface area contributed by atoms with Crippen LogP contribution in [0.2, 0.25) is 0 Å². The standard InChI is InChI=1S/C15H17N5O2S/c1-18-11-12(19(2)15(22)17-13(11)21)16-14(18)20-7-3-5-9(20)10-6-4-8-23-10/h4,6,8-9H,3,5,7H2,1-2H3,(H,17,21,22)/t9-/m1/s1. The Morgan fingerprint density at radius 2 is 2.13 bits per heavy atom. The SMILES string of the molecule is Cn1c(N2CCC[C@@H]2c2cccs2)nc2c1c(=O)[nH]c(=O)n2C. The number of H-pyrrole nitrogens is 1. The van der Waals surface area contributed by atoms with Crippen LogP contribution in [0, 0.1) is 0 Å². The molecule has 1 saturated heterocycles. The van der Waals surface area contributed by atoms with E-state index in [-0.39, 0.29) is 6.04 Å². The number of hydrogen-bond donors (Lipinski definition) is 1. The number of hydrogen-bond acceptors (Lipinski definition) is 5. The lowest BCUT2D eigenvalue weighted by Crippen LogP contribution is -2.29. The van der Waals surface area contributed by atoms with Gasteiger partial charge in [-0.3, -0.25) is 14.3 Å². The van der Waals surface area contributed by atoms with Gasteiger partial charge >= 0.3 is 5.69 Å². The van der Waals surface area contributed by atoms with Crippen molar-refractivity contribution in [2.24, 2.45) is 14.1 Å². The first-order valence-corrected chi connectivity index (χ1v) is 8.41. The van der Waals surface area contributed by atoms with Crippen LogP contribution in [0.25, 0.3) is 11.2 Å². The average molecular weight is 331 g/mol. The van der Waals surface area contributed by atoms with Crippen LogP contribution < -0.4 is 16.1 Å². The third-order valence-electron chi connectivity index (χ3n) is 4.49. The number of thiophene rings is 1. The van der Waals surface area contributed by atoms with Crippen molar-refractivity contribution < 1.29 is 0 Å². The van der Waals surface area contributed by atoms with E-state index in [0.717, 1.165) is 25.3 Å². The molecule has 3 aromatic heterocycles. The molecule has 1 N–H and O–H groups in total. The molecule has 4 heterocycles. The van der Waals surface area contributed by atoms with E-state index in [9.17, 15) is 9.59 Å². The highest BCUT2D eigenvalue weighted by Crippen LogP contribution is 2.37. The van der Waals surface area contributed by atoms with Gasteiger partial charge in [-0.1, -0.05) is 6.07 Å². The van der Waals surface area contributed by atoms with E-state index >= 15 is 0 Å². The molecule has 1 fully saturated rings. The molecule has 1 aliphatic heterocycles. The van der Waals surface area contributed by atoms with Crippen molar-refractivity contribution in [1.29, 1.82) is 0 Å². The Balaban J connectivity index is 1.91. The number of aryl methyl sites for hydroxylation is 2. The van der Waals surface area contributed by atoms with Crippen LogP contribution in [0.15, 0.2) is 27.1 Å². The van der Waals surface area contributed by atoms with Gasteiger partial charge in [-0.25, -0.2) is 4.79 Å². The highest BCUT2D eigenvalue weighted by molar-refractivity contribution is 7.10. The summed E-state index contributed by atoms with van der Waals surface area (Å²) in [6.07, 6.45) is 2.15. The quantitative estimate of drug-likeness (QED) is 0.769. The van der Waals surface area contributed by atoms with E-state index in [4.69, 9.17) is 0 Å². The Hall–Kier alpha value is -2.35. The van der Waals surface area contributed by atoms with E-state index in [1.807, 2.05) is 7.05 Å². The number of aromatic amines is 1. The van der Waals surface area contributed by atoms with Gasteiger partial charge in [0.15, 0.2) is 11.2 Å². The molecule has 1 atom stereocenters. The predicted octanol–water partition coefficient (Wildman–Crippen LogP) is 1.36.